The topological polar surface area (TPSA) is 97.7 Å². The van der Waals surface area contributed by atoms with E-state index in [1.807, 2.05) is 0 Å². The van der Waals surface area contributed by atoms with Crippen molar-refractivity contribution in [2.24, 2.45) is 5.92 Å². The molecule has 1 N–H and O–H groups in total. The van der Waals surface area contributed by atoms with Crippen LogP contribution in [0.3, 0.4) is 0 Å². The van der Waals surface area contributed by atoms with Crippen molar-refractivity contribution in [3.05, 3.63) is 11.1 Å². The van der Waals surface area contributed by atoms with Crippen LogP contribution in [0.15, 0.2) is 11.1 Å². The summed E-state index contributed by atoms with van der Waals surface area (Å²) < 4.78 is 60.2. The third-order valence-electron chi connectivity index (χ3n) is 3.34. The molecule has 0 aromatic rings. The van der Waals surface area contributed by atoms with Gasteiger partial charge in [0.15, 0.2) is 11.9 Å². The van der Waals surface area contributed by atoms with Gasteiger partial charge in [-0.2, -0.15) is 17.2 Å². The number of halogens is 2. The number of hydrogen-bond donors (Lipinski definition) is 1. The molecule has 0 saturated heterocycles. The lowest BCUT2D eigenvalue weighted by Gasteiger charge is -2.29. The van der Waals surface area contributed by atoms with E-state index in [-0.39, 0.29) is 0 Å². The van der Waals surface area contributed by atoms with Crippen LogP contribution in [0.25, 0.3) is 0 Å². The highest BCUT2D eigenvalue weighted by Crippen LogP contribution is 2.32. The van der Waals surface area contributed by atoms with Gasteiger partial charge in [0.25, 0.3) is 0 Å². The summed E-state index contributed by atoms with van der Waals surface area (Å²) in [6, 6.07) is 0. The van der Waals surface area contributed by atoms with Gasteiger partial charge in [-0.3, -0.25) is 9.35 Å². The molecule has 1 fully saturated rings. The predicted octanol–water partition coefficient (Wildman–Crippen LogP) is 1.71. The molecule has 0 heterocycles. The number of carbonyl (C=O) groups is 2. The van der Waals surface area contributed by atoms with Crippen LogP contribution in [0.1, 0.15) is 33.6 Å². The van der Waals surface area contributed by atoms with E-state index in [1.54, 1.807) is 20.8 Å². The van der Waals surface area contributed by atoms with Gasteiger partial charge in [0.2, 0.25) is 0 Å². The molecular formula is C12H16F2O6S. The van der Waals surface area contributed by atoms with E-state index in [1.165, 1.54) is 0 Å². The van der Waals surface area contributed by atoms with Crippen molar-refractivity contribution < 1.29 is 36.1 Å². The molecule has 1 aliphatic rings. The molecule has 0 amide bonds. The third kappa shape index (κ3) is 3.46. The predicted molar refractivity (Wildman–Crippen MR) is 68.2 cm³/mol. The van der Waals surface area contributed by atoms with Crippen LogP contribution in [0.5, 0.6) is 0 Å². The molecule has 0 aromatic heterocycles. The average Bonchev–Trinajstić information content (AvgIpc) is 2.33. The summed E-state index contributed by atoms with van der Waals surface area (Å²) in [5.74, 6) is -3.53. The second-order valence-corrected chi connectivity index (χ2v) is 6.61. The van der Waals surface area contributed by atoms with E-state index in [0.29, 0.717) is 24.0 Å². The fourth-order valence-electron chi connectivity index (χ4n) is 2.00. The van der Waals surface area contributed by atoms with Gasteiger partial charge in [-0.05, 0) is 32.3 Å². The Kier molecular flexibility index (Phi) is 4.89. The van der Waals surface area contributed by atoms with Crippen LogP contribution in [0, 0.1) is 5.92 Å². The maximum Gasteiger partial charge on any atom is 0.465 e. The average molecular weight is 326 g/mol. The Hall–Kier alpha value is -1.35. The van der Waals surface area contributed by atoms with E-state index < -0.39 is 39.1 Å². The molecule has 0 aromatic carbocycles. The Bertz CT molecular complexity index is 589. The standard InChI is InChI=1S/C12H16F2O6S/c1-6(2)8-5-4-7(3)9(15)10(8)20-11(16)12(13,14)21(17,18)19/h7,10H,4-5H2,1-3H3,(H,17,18,19). The summed E-state index contributed by atoms with van der Waals surface area (Å²) in [5.41, 5.74) is 1.00. The normalized spacial score (nSPS) is 23.9. The van der Waals surface area contributed by atoms with Gasteiger partial charge in [-0.25, -0.2) is 4.79 Å². The van der Waals surface area contributed by atoms with Gasteiger partial charge < -0.3 is 4.74 Å². The zero-order chi connectivity index (χ0) is 16.6. The highest BCUT2D eigenvalue weighted by molar-refractivity contribution is 7.87. The molecular weight excluding hydrogens is 310 g/mol. The lowest BCUT2D eigenvalue weighted by molar-refractivity contribution is -0.169. The Morgan fingerprint density at radius 2 is 1.90 bits per heavy atom. The molecule has 0 spiro atoms. The molecule has 1 rings (SSSR count). The first kappa shape index (κ1) is 17.7. The Morgan fingerprint density at radius 1 is 1.38 bits per heavy atom. The fourth-order valence-corrected chi connectivity index (χ4v) is 2.26. The van der Waals surface area contributed by atoms with Gasteiger partial charge in [0.05, 0.1) is 0 Å². The number of rotatable bonds is 3. The van der Waals surface area contributed by atoms with Crippen molar-refractivity contribution in [3.63, 3.8) is 0 Å². The number of carbonyl (C=O) groups excluding carboxylic acids is 2. The number of alkyl halides is 2. The molecule has 120 valence electrons. The van der Waals surface area contributed by atoms with Crippen molar-refractivity contribution in [3.8, 4) is 0 Å². The van der Waals surface area contributed by atoms with Crippen LogP contribution in [0.4, 0.5) is 8.78 Å². The zero-order valence-corrected chi connectivity index (χ0v) is 12.5. The first-order chi connectivity index (χ1) is 9.39. The van der Waals surface area contributed by atoms with Crippen LogP contribution in [-0.2, 0) is 24.4 Å². The second kappa shape index (κ2) is 5.80. The Morgan fingerprint density at radius 3 is 2.33 bits per heavy atom. The van der Waals surface area contributed by atoms with E-state index in [0.717, 1.165) is 0 Å². The molecule has 2 unspecified atom stereocenters. The van der Waals surface area contributed by atoms with Gasteiger partial charge in [-0.15, -0.1) is 0 Å². The Balaban J connectivity index is 3.11. The van der Waals surface area contributed by atoms with E-state index in [2.05, 4.69) is 4.74 Å². The molecule has 1 aliphatic carbocycles. The van der Waals surface area contributed by atoms with E-state index in [9.17, 15) is 26.8 Å². The molecule has 1 saturated carbocycles. The Labute approximate surface area is 120 Å². The minimum atomic E-state index is -5.96. The van der Waals surface area contributed by atoms with Crippen LogP contribution in [-0.4, -0.2) is 36.1 Å². The SMILES string of the molecule is CC(C)=C1CCC(C)C(=O)C1OC(=O)C(F)(F)S(=O)(=O)O. The first-order valence-electron chi connectivity index (χ1n) is 6.15. The van der Waals surface area contributed by atoms with Crippen molar-refractivity contribution in [2.75, 3.05) is 0 Å². The van der Waals surface area contributed by atoms with Crippen molar-refractivity contribution in [1.82, 2.24) is 0 Å². The van der Waals surface area contributed by atoms with Crippen LogP contribution >= 0.6 is 0 Å². The number of allylic oxidation sites excluding steroid dienone is 1. The molecule has 6 nitrogen and oxygen atoms in total. The zero-order valence-electron chi connectivity index (χ0n) is 11.7. The molecule has 2 atom stereocenters. The van der Waals surface area contributed by atoms with E-state index >= 15 is 0 Å². The third-order valence-corrected chi connectivity index (χ3v) is 4.15. The number of ether oxygens (including phenoxy) is 1. The minimum absolute atomic E-state index is 0.373. The summed E-state index contributed by atoms with van der Waals surface area (Å²) >= 11 is 0. The summed E-state index contributed by atoms with van der Waals surface area (Å²) in [4.78, 5) is 23.3. The number of hydrogen-bond acceptors (Lipinski definition) is 5. The van der Waals surface area contributed by atoms with Gasteiger partial charge >= 0.3 is 21.3 Å². The summed E-state index contributed by atoms with van der Waals surface area (Å²) in [6.45, 7) is 4.81. The van der Waals surface area contributed by atoms with Crippen molar-refractivity contribution in [2.45, 2.75) is 45.0 Å². The molecule has 0 bridgehead atoms. The highest BCUT2D eigenvalue weighted by atomic mass is 32.2. The van der Waals surface area contributed by atoms with Gasteiger partial charge in [0.1, 0.15) is 0 Å². The number of Topliss-reactive ketones (excluding diaryl/α,β-unsaturated/α-hetero) is 1. The lowest BCUT2D eigenvalue weighted by Crippen LogP contribution is -2.45. The molecule has 9 heteroatoms. The van der Waals surface area contributed by atoms with Crippen LogP contribution < -0.4 is 0 Å². The maximum atomic E-state index is 13.2. The summed E-state index contributed by atoms with van der Waals surface area (Å²) in [5, 5.41) is -5.11. The summed E-state index contributed by atoms with van der Waals surface area (Å²) in [7, 11) is -5.96. The largest absolute Gasteiger partial charge is 0.465 e. The summed E-state index contributed by atoms with van der Waals surface area (Å²) in [6.07, 6.45) is -0.675. The smallest absolute Gasteiger partial charge is 0.444 e. The van der Waals surface area contributed by atoms with E-state index in [4.69, 9.17) is 4.55 Å². The molecule has 0 aliphatic heterocycles. The monoisotopic (exact) mass is 326 g/mol. The minimum Gasteiger partial charge on any atom is -0.444 e. The molecule has 21 heavy (non-hydrogen) atoms. The van der Waals surface area contributed by atoms with Crippen molar-refractivity contribution >= 4 is 21.9 Å². The quantitative estimate of drug-likeness (QED) is 0.482. The molecule has 0 radical (unpaired) electrons. The van der Waals surface area contributed by atoms with Gasteiger partial charge in [0, 0.05) is 5.92 Å². The number of ketones is 1. The highest BCUT2D eigenvalue weighted by Gasteiger charge is 2.55. The van der Waals surface area contributed by atoms with Crippen molar-refractivity contribution in [1.29, 1.82) is 0 Å². The maximum absolute atomic E-state index is 13.2. The lowest BCUT2D eigenvalue weighted by atomic mass is 9.82. The number of esters is 1. The fraction of sp³-hybridized carbons (Fsp3) is 0.667. The van der Waals surface area contributed by atoms with Gasteiger partial charge in [-0.1, -0.05) is 12.5 Å². The first-order valence-corrected chi connectivity index (χ1v) is 7.59. The van der Waals surface area contributed by atoms with Crippen LogP contribution in [0.2, 0.25) is 0 Å². The second-order valence-electron chi connectivity index (χ2n) is 5.14.